The van der Waals surface area contributed by atoms with Gasteiger partial charge in [0.05, 0.1) is 22.8 Å². The largest absolute Gasteiger partial charge is 0.492 e. The van der Waals surface area contributed by atoms with E-state index < -0.39 is 0 Å². The van der Waals surface area contributed by atoms with E-state index >= 15 is 0 Å². The van der Waals surface area contributed by atoms with Crippen molar-refractivity contribution in [3.8, 4) is 34.0 Å². The molecule has 0 spiro atoms. The minimum Gasteiger partial charge on any atom is -0.492 e. The smallest absolute Gasteiger partial charge is 0.119 e. The number of benzene rings is 2. The Kier molecular flexibility index (Phi) is 6.10. The highest BCUT2D eigenvalue weighted by Gasteiger charge is 2.20. The number of rotatable bonds is 7. The highest BCUT2D eigenvalue weighted by molar-refractivity contribution is 6.04. The first-order valence-corrected chi connectivity index (χ1v) is 11.4. The minimum atomic E-state index is 0.647. The van der Waals surface area contributed by atoms with Crippen LogP contribution in [0, 0.1) is 0 Å². The number of pyridine rings is 1. The van der Waals surface area contributed by atoms with Crippen molar-refractivity contribution in [2.45, 2.75) is 12.8 Å². The molecule has 0 atom stereocenters. The third-order valence-corrected chi connectivity index (χ3v) is 6.04. The molecular formula is C27H27N5O2. The maximum atomic E-state index is 9.27. The summed E-state index contributed by atoms with van der Waals surface area (Å²) in [5.41, 5.74) is 7.85. The second-order valence-corrected chi connectivity index (χ2v) is 8.63. The topological polar surface area (TPSA) is 75.8 Å². The van der Waals surface area contributed by atoms with Crippen LogP contribution >= 0.6 is 0 Å². The molecular weight excluding hydrogens is 426 g/mol. The molecule has 34 heavy (non-hydrogen) atoms. The third kappa shape index (κ3) is 4.43. The Bertz CT molecular complexity index is 1310. The molecule has 1 N–H and O–H groups in total. The predicted molar refractivity (Wildman–Crippen MR) is 133 cm³/mol. The fraction of sp³-hybridized carbons (Fsp3) is 0.222. The maximum absolute atomic E-state index is 9.27. The zero-order chi connectivity index (χ0) is 23.5. The number of oxime groups is 1. The second kappa shape index (κ2) is 9.49. The van der Waals surface area contributed by atoms with Crippen molar-refractivity contribution < 1.29 is 9.94 Å². The highest BCUT2D eigenvalue weighted by Crippen LogP contribution is 2.33. The molecule has 0 aliphatic heterocycles. The third-order valence-electron chi connectivity index (χ3n) is 6.04. The van der Waals surface area contributed by atoms with Crippen LogP contribution in [-0.4, -0.2) is 57.8 Å². The molecule has 7 heteroatoms. The van der Waals surface area contributed by atoms with Crippen molar-refractivity contribution in [1.29, 1.82) is 0 Å². The van der Waals surface area contributed by atoms with E-state index in [1.807, 2.05) is 61.2 Å². The molecule has 1 aliphatic carbocycles. The average Bonchev–Trinajstić information content (AvgIpc) is 3.49. The van der Waals surface area contributed by atoms with E-state index in [4.69, 9.17) is 9.84 Å². The monoisotopic (exact) mass is 453 g/mol. The van der Waals surface area contributed by atoms with Crippen molar-refractivity contribution in [2.24, 2.45) is 5.16 Å². The molecule has 2 aromatic carbocycles. The van der Waals surface area contributed by atoms with Crippen molar-refractivity contribution in [3.63, 3.8) is 0 Å². The average molecular weight is 454 g/mol. The number of hydrogen-bond acceptors (Lipinski definition) is 6. The predicted octanol–water partition coefficient (Wildman–Crippen LogP) is 4.67. The van der Waals surface area contributed by atoms with E-state index in [1.165, 1.54) is 5.56 Å². The lowest BCUT2D eigenvalue weighted by Gasteiger charge is -2.11. The van der Waals surface area contributed by atoms with Crippen LogP contribution in [0.3, 0.4) is 0 Å². The molecule has 2 heterocycles. The molecule has 0 unspecified atom stereocenters. The number of fused-ring (bicyclic) bond motifs is 1. The summed E-state index contributed by atoms with van der Waals surface area (Å²) in [6.45, 7) is 1.52. The number of aromatic nitrogens is 3. The molecule has 0 saturated heterocycles. The highest BCUT2D eigenvalue weighted by atomic mass is 16.5. The molecule has 0 radical (unpaired) electrons. The number of hydrogen-bond donors (Lipinski definition) is 1. The molecule has 7 nitrogen and oxygen atoms in total. The summed E-state index contributed by atoms with van der Waals surface area (Å²) in [6.07, 6.45) is 5.17. The van der Waals surface area contributed by atoms with Gasteiger partial charge in [-0.2, -0.15) is 5.10 Å². The first-order chi connectivity index (χ1) is 16.6. The SMILES string of the molecule is CN(C)CCOc1ccc(-c2cc(-c3ccc4c(c3)CC/C4=N/O)n(-c3ccncc3)n2)cc1. The Morgan fingerprint density at radius 2 is 1.74 bits per heavy atom. The second-order valence-electron chi connectivity index (χ2n) is 8.63. The van der Waals surface area contributed by atoms with Crippen molar-refractivity contribution in [3.05, 3.63) is 84.2 Å². The molecule has 0 saturated carbocycles. The quantitative estimate of drug-likeness (QED) is 0.325. The Hall–Kier alpha value is -3.97. The zero-order valence-electron chi connectivity index (χ0n) is 19.3. The van der Waals surface area contributed by atoms with Crippen molar-refractivity contribution in [1.82, 2.24) is 19.7 Å². The summed E-state index contributed by atoms with van der Waals surface area (Å²) in [7, 11) is 4.06. The first-order valence-electron chi connectivity index (χ1n) is 11.4. The minimum absolute atomic E-state index is 0.647. The lowest BCUT2D eigenvalue weighted by molar-refractivity contribution is 0.261. The van der Waals surface area contributed by atoms with Gasteiger partial charge < -0.3 is 14.8 Å². The van der Waals surface area contributed by atoms with Crippen LogP contribution in [0.15, 0.2) is 78.2 Å². The van der Waals surface area contributed by atoms with Gasteiger partial charge >= 0.3 is 0 Å². The van der Waals surface area contributed by atoms with Crippen LogP contribution in [-0.2, 0) is 6.42 Å². The molecule has 4 aromatic rings. The Labute approximate surface area is 198 Å². The molecule has 0 fully saturated rings. The normalized spacial score (nSPS) is 14.0. The fourth-order valence-corrected chi connectivity index (χ4v) is 4.21. The van der Waals surface area contributed by atoms with Crippen LogP contribution in [0.25, 0.3) is 28.2 Å². The van der Waals surface area contributed by atoms with Crippen LogP contribution < -0.4 is 4.74 Å². The van der Waals surface area contributed by atoms with Crippen LogP contribution in [0.4, 0.5) is 0 Å². The number of nitrogens with zero attached hydrogens (tertiary/aromatic N) is 5. The molecule has 0 bridgehead atoms. The van der Waals surface area contributed by atoms with Gasteiger partial charge in [0.25, 0.3) is 0 Å². The van der Waals surface area contributed by atoms with Crippen LogP contribution in [0.2, 0.25) is 0 Å². The lowest BCUT2D eigenvalue weighted by Crippen LogP contribution is -2.19. The standard InChI is InChI=1S/C27H27N5O2/c1-31(2)15-16-34-23-7-3-19(4-8-23)26-18-27(32(29-26)22-11-13-28-14-12-22)21-5-9-24-20(17-21)6-10-25(24)30-33/h3-5,7-9,11-14,17-18,33H,6,10,15-16H2,1-2H3/b30-25-. The van der Waals surface area contributed by atoms with Crippen LogP contribution in [0.5, 0.6) is 5.75 Å². The lowest BCUT2D eigenvalue weighted by atomic mass is 10.0. The molecule has 0 amide bonds. The molecule has 5 rings (SSSR count). The van der Waals surface area contributed by atoms with Gasteiger partial charge in [-0.1, -0.05) is 17.3 Å². The van der Waals surface area contributed by atoms with E-state index in [-0.39, 0.29) is 0 Å². The summed E-state index contributed by atoms with van der Waals surface area (Å²) in [4.78, 5) is 6.25. The van der Waals surface area contributed by atoms with Gasteiger partial charge in [-0.05, 0) is 81.0 Å². The summed E-state index contributed by atoms with van der Waals surface area (Å²) in [5, 5.41) is 17.7. The summed E-state index contributed by atoms with van der Waals surface area (Å²) in [6, 6.07) is 20.3. The van der Waals surface area contributed by atoms with Gasteiger partial charge in [0, 0.05) is 35.6 Å². The van der Waals surface area contributed by atoms with E-state index in [9.17, 15) is 5.21 Å². The summed E-state index contributed by atoms with van der Waals surface area (Å²) < 4.78 is 7.79. The molecule has 172 valence electrons. The van der Waals surface area contributed by atoms with Gasteiger partial charge in [0.15, 0.2) is 0 Å². The maximum Gasteiger partial charge on any atom is 0.119 e. The number of aryl methyl sites for hydroxylation is 1. The van der Waals surface area contributed by atoms with Gasteiger partial charge in [-0.3, -0.25) is 4.98 Å². The fourth-order valence-electron chi connectivity index (χ4n) is 4.21. The van der Waals surface area contributed by atoms with Gasteiger partial charge in [0.2, 0.25) is 0 Å². The van der Waals surface area contributed by atoms with Gasteiger partial charge in [0.1, 0.15) is 12.4 Å². The van der Waals surface area contributed by atoms with Crippen molar-refractivity contribution in [2.75, 3.05) is 27.2 Å². The molecule has 2 aromatic heterocycles. The Morgan fingerprint density at radius 3 is 2.47 bits per heavy atom. The Morgan fingerprint density at radius 1 is 0.971 bits per heavy atom. The first kappa shape index (κ1) is 21.9. The number of ether oxygens (including phenoxy) is 1. The van der Waals surface area contributed by atoms with Crippen molar-refractivity contribution >= 4 is 5.71 Å². The Balaban J connectivity index is 1.50. The van der Waals surface area contributed by atoms with Gasteiger partial charge in [-0.25, -0.2) is 4.68 Å². The van der Waals surface area contributed by atoms with Crippen LogP contribution in [0.1, 0.15) is 17.5 Å². The van der Waals surface area contributed by atoms with E-state index in [0.29, 0.717) is 6.61 Å². The van der Waals surface area contributed by atoms with E-state index in [2.05, 4.69) is 33.2 Å². The van der Waals surface area contributed by atoms with Gasteiger partial charge in [-0.15, -0.1) is 0 Å². The zero-order valence-corrected chi connectivity index (χ0v) is 19.3. The number of likely N-dealkylation sites (N-methyl/N-ethyl adjacent to an activating group) is 1. The summed E-state index contributed by atoms with van der Waals surface area (Å²) >= 11 is 0. The summed E-state index contributed by atoms with van der Waals surface area (Å²) in [5.74, 6) is 0.847. The van der Waals surface area contributed by atoms with E-state index in [1.54, 1.807) is 12.4 Å². The molecule has 1 aliphatic rings. The van der Waals surface area contributed by atoms with E-state index in [0.717, 1.165) is 64.6 Å².